The number of carbonyl (C=O) groups is 1. The fraction of sp³-hybridized carbons (Fsp3) is 0.280. The van der Waals surface area contributed by atoms with E-state index in [1.165, 1.54) is 6.07 Å². The molecule has 0 radical (unpaired) electrons. The van der Waals surface area contributed by atoms with Crippen LogP contribution in [0.25, 0.3) is 11.1 Å². The van der Waals surface area contributed by atoms with Crippen molar-refractivity contribution in [1.29, 1.82) is 0 Å². The molecule has 1 saturated heterocycles. The SMILES string of the molecule is CCN(Cc1cccc(F)c1)[C@@H]1CCN(c2nccc(-c3ccccc3)c2C(=O)O)C1. The Hall–Kier alpha value is -3.25. The highest BCUT2D eigenvalue weighted by Gasteiger charge is 2.31. The van der Waals surface area contributed by atoms with E-state index in [-0.39, 0.29) is 17.4 Å². The number of benzene rings is 2. The lowest BCUT2D eigenvalue weighted by atomic mass is 10.0. The van der Waals surface area contributed by atoms with E-state index >= 15 is 0 Å². The Morgan fingerprint density at radius 1 is 1.19 bits per heavy atom. The van der Waals surface area contributed by atoms with Crippen LogP contribution < -0.4 is 4.90 Å². The van der Waals surface area contributed by atoms with E-state index < -0.39 is 5.97 Å². The summed E-state index contributed by atoms with van der Waals surface area (Å²) < 4.78 is 13.6. The van der Waals surface area contributed by atoms with Gasteiger partial charge in [0.2, 0.25) is 0 Å². The van der Waals surface area contributed by atoms with Gasteiger partial charge in [-0.15, -0.1) is 0 Å². The molecule has 3 aromatic rings. The monoisotopic (exact) mass is 419 g/mol. The number of nitrogens with zero attached hydrogens (tertiary/aromatic N) is 3. The van der Waals surface area contributed by atoms with Gasteiger partial charge in [-0.3, -0.25) is 4.90 Å². The lowest BCUT2D eigenvalue weighted by molar-refractivity contribution is 0.0698. The summed E-state index contributed by atoms with van der Waals surface area (Å²) in [6.45, 7) is 5.01. The summed E-state index contributed by atoms with van der Waals surface area (Å²) in [7, 11) is 0. The number of rotatable bonds is 7. The lowest BCUT2D eigenvalue weighted by Gasteiger charge is -2.28. The van der Waals surface area contributed by atoms with Gasteiger partial charge in [-0.2, -0.15) is 0 Å². The molecule has 31 heavy (non-hydrogen) atoms. The Morgan fingerprint density at radius 2 is 2.00 bits per heavy atom. The third kappa shape index (κ3) is 4.59. The van der Waals surface area contributed by atoms with Gasteiger partial charge in [-0.25, -0.2) is 14.2 Å². The molecule has 1 aliphatic heterocycles. The molecular formula is C25H26FN3O2. The maximum Gasteiger partial charge on any atom is 0.340 e. The van der Waals surface area contributed by atoms with E-state index in [1.807, 2.05) is 36.4 Å². The number of likely N-dealkylation sites (N-methyl/N-ethyl adjacent to an activating group) is 1. The Morgan fingerprint density at radius 3 is 2.71 bits per heavy atom. The topological polar surface area (TPSA) is 56.7 Å². The summed E-state index contributed by atoms with van der Waals surface area (Å²) in [5.74, 6) is -0.690. The van der Waals surface area contributed by atoms with Gasteiger partial charge in [0.25, 0.3) is 0 Å². The van der Waals surface area contributed by atoms with Crippen molar-refractivity contribution in [3.63, 3.8) is 0 Å². The zero-order valence-corrected chi connectivity index (χ0v) is 17.5. The number of carboxylic acid groups (broad SMARTS) is 1. The first-order chi connectivity index (χ1) is 15.1. The molecule has 0 aliphatic carbocycles. The van der Waals surface area contributed by atoms with E-state index in [2.05, 4.69) is 21.7 Å². The molecule has 0 unspecified atom stereocenters. The van der Waals surface area contributed by atoms with E-state index in [4.69, 9.17) is 0 Å². The Labute approximate surface area is 181 Å². The first kappa shape index (κ1) is 21.0. The fourth-order valence-corrected chi connectivity index (χ4v) is 4.36. The van der Waals surface area contributed by atoms with Crippen LogP contribution in [0.2, 0.25) is 0 Å². The van der Waals surface area contributed by atoms with Crippen molar-refractivity contribution in [1.82, 2.24) is 9.88 Å². The van der Waals surface area contributed by atoms with Gasteiger partial charge in [0.1, 0.15) is 17.2 Å². The molecule has 1 fully saturated rings. The largest absolute Gasteiger partial charge is 0.478 e. The van der Waals surface area contributed by atoms with E-state index in [1.54, 1.807) is 24.4 Å². The van der Waals surface area contributed by atoms with Crippen molar-refractivity contribution < 1.29 is 14.3 Å². The molecular weight excluding hydrogens is 393 g/mol. The third-order valence-corrected chi connectivity index (χ3v) is 5.89. The van der Waals surface area contributed by atoms with Crippen LogP contribution >= 0.6 is 0 Å². The van der Waals surface area contributed by atoms with Crippen LogP contribution in [0.1, 0.15) is 29.3 Å². The van der Waals surface area contributed by atoms with Crippen LogP contribution in [0.5, 0.6) is 0 Å². The summed E-state index contributed by atoms with van der Waals surface area (Å²) in [4.78, 5) is 21.0. The number of halogens is 1. The Kier molecular flexibility index (Phi) is 6.28. The Balaban J connectivity index is 1.58. The highest BCUT2D eigenvalue weighted by molar-refractivity contribution is 6.01. The van der Waals surface area contributed by atoms with Crippen molar-refractivity contribution in [2.45, 2.75) is 25.9 Å². The summed E-state index contributed by atoms with van der Waals surface area (Å²) in [5, 5.41) is 10.00. The maximum absolute atomic E-state index is 13.6. The number of aromatic nitrogens is 1. The molecule has 1 N–H and O–H groups in total. The first-order valence-corrected chi connectivity index (χ1v) is 10.6. The molecule has 1 atom stereocenters. The second-order valence-electron chi connectivity index (χ2n) is 7.81. The van der Waals surface area contributed by atoms with Gasteiger partial charge in [0, 0.05) is 37.4 Å². The summed E-state index contributed by atoms with van der Waals surface area (Å²) in [6, 6.07) is 18.2. The van der Waals surface area contributed by atoms with Gasteiger partial charge in [-0.1, -0.05) is 49.4 Å². The van der Waals surface area contributed by atoms with E-state index in [9.17, 15) is 14.3 Å². The van der Waals surface area contributed by atoms with Gasteiger partial charge in [0.15, 0.2) is 0 Å². The number of hydrogen-bond acceptors (Lipinski definition) is 4. The predicted octanol–water partition coefficient (Wildman–Crippen LogP) is 4.69. The van der Waals surface area contributed by atoms with Gasteiger partial charge >= 0.3 is 5.97 Å². The summed E-state index contributed by atoms with van der Waals surface area (Å²) in [6.07, 6.45) is 2.58. The molecule has 2 aromatic carbocycles. The number of carboxylic acids is 1. The smallest absolute Gasteiger partial charge is 0.340 e. The molecule has 6 heteroatoms. The molecule has 5 nitrogen and oxygen atoms in total. The third-order valence-electron chi connectivity index (χ3n) is 5.89. The van der Waals surface area contributed by atoms with Crippen LogP contribution in [0, 0.1) is 5.82 Å². The molecule has 2 heterocycles. The van der Waals surface area contributed by atoms with Crippen LogP contribution in [0.3, 0.4) is 0 Å². The maximum atomic E-state index is 13.6. The molecule has 0 amide bonds. The number of pyridine rings is 1. The van der Waals surface area contributed by atoms with Crippen molar-refractivity contribution >= 4 is 11.8 Å². The lowest BCUT2D eigenvalue weighted by Crippen LogP contribution is -2.37. The van der Waals surface area contributed by atoms with Gasteiger partial charge in [-0.05, 0) is 42.3 Å². The average molecular weight is 420 g/mol. The molecule has 160 valence electrons. The minimum atomic E-state index is -0.975. The second-order valence-corrected chi connectivity index (χ2v) is 7.81. The van der Waals surface area contributed by atoms with Gasteiger partial charge in [0.05, 0.1) is 0 Å². The number of hydrogen-bond donors (Lipinski definition) is 1. The highest BCUT2D eigenvalue weighted by Crippen LogP contribution is 2.32. The predicted molar refractivity (Wildman–Crippen MR) is 120 cm³/mol. The Bertz CT molecular complexity index is 1060. The minimum absolute atomic E-state index is 0.227. The number of anilines is 1. The van der Waals surface area contributed by atoms with Crippen molar-refractivity contribution in [2.75, 3.05) is 24.5 Å². The molecule has 0 saturated carbocycles. The van der Waals surface area contributed by atoms with E-state index in [0.29, 0.717) is 24.5 Å². The molecule has 1 aliphatic rings. The van der Waals surface area contributed by atoms with Crippen LogP contribution in [0.15, 0.2) is 66.9 Å². The molecule has 0 spiro atoms. The quantitative estimate of drug-likeness (QED) is 0.602. The minimum Gasteiger partial charge on any atom is -0.478 e. The van der Waals surface area contributed by atoms with Crippen molar-refractivity contribution in [3.05, 3.63) is 83.8 Å². The summed E-state index contributed by atoms with van der Waals surface area (Å²) in [5.41, 5.74) is 2.72. The zero-order chi connectivity index (χ0) is 21.8. The second kappa shape index (κ2) is 9.27. The van der Waals surface area contributed by atoms with Crippen molar-refractivity contribution in [2.24, 2.45) is 0 Å². The van der Waals surface area contributed by atoms with Crippen LogP contribution in [0.4, 0.5) is 10.2 Å². The molecule has 0 bridgehead atoms. The fourth-order valence-electron chi connectivity index (χ4n) is 4.36. The average Bonchev–Trinajstić information content (AvgIpc) is 3.27. The molecule has 1 aromatic heterocycles. The van der Waals surface area contributed by atoms with Crippen LogP contribution in [-0.2, 0) is 6.54 Å². The zero-order valence-electron chi connectivity index (χ0n) is 17.5. The first-order valence-electron chi connectivity index (χ1n) is 10.6. The normalized spacial score (nSPS) is 16.1. The number of aromatic carboxylic acids is 1. The standard InChI is InChI=1S/C25H26FN3O2/c1-2-28(16-18-7-6-10-20(26)15-18)21-12-14-29(17-21)24-23(25(30)31)22(11-13-27-24)19-8-4-3-5-9-19/h3-11,13,15,21H,2,12,14,16-17H2,1H3,(H,30,31)/t21-/m1/s1. The highest BCUT2D eigenvalue weighted by atomic mass is 19.1. The van der Waals surface area contributed by atoms with Gasteiger partial charge < -0.3 is 10.0 Å². The summed E-state index contributed by atoms with van der Waals surface area (Å²) >= 11 is 0. The molecule has 4 rings (SSSR count). The van der Waals surface area contributed by atoms with E-state index in [0.717, 1.165) is 30.6 Å². The van der Waals surface area contributed by atoms with Crippen LogP contribution in [-0.4, -0.2) is 46.6 Å². The van der Waals surface area contributed by atoms with Crippen molar-refractivity contribution in [3.8, 4) is 11.1 Å².